The Morgan fingerprint density at radius 2 is 1.69 bits per heavy atom. The fourth-order valence-electron chi connectivity index (χ4n) is 2.01. The molecule has 0 spiro atoms. The van der Waals surface area contributed by atoms with Crippen LogP contribution in [0.4, 0.5) is 23.2 Å². The number of hydrogen-bond acceptors (Lipinski definition) is 1. The van der Waals surface area contributed by atoms with Gasteiger partial charge in [0, 0.05) is 13.1 Å². The normalized spacial score (nSPS) is 16.9. The second-order valence-electron chi connectivity index (χ2n) is 3.83. The number of hydrogen-bond donors (Lipinski definition) is 0. The second-order valence-corrected chi connectivity index (χ2v) is 3.83. The van der Waals surface area contributed by atoms with E-state index in [1.807, 2.05) is 0 Å². The number of anilines is 1. The van der Waals surface area contributed by atoms with Gasteiger partial charge in [-0.25, -0.2) is 4.39 Å². The summed E-state index contributed by atoms with van der Waals surface area (Å²) in [6.45, 7) is 0.980. The predicted octanol–water partition coefficient (Wildman–Crippen LogP) is 3.44. The highest BCUT2D eigenvalue weighted by atomic mass is 19.4. The molecule has 0 aliphatic carbocycles. The molecule has 1 saturated heterocycles. The van der Waals surface area contributed by atoms with Gasteiger partial charge >= 0.3 is 6.18 Å². The first kappa shape index (κ1) is 11.2. The molecule has 0 saturated carbocycles. The topological polar surface area (TPSA) is 3.24 Å². The van der Waals surface area contributed by atoms with Gasteiger partial charge in [0.05, 0.1) is 11.3 Å². The summed E-state index contributed by atoms with van der Waals surface area (Å²) in [5, 5.41) is 0. The molecule has 16 heavy (non-hydrogen) atoms. The third kappa shape index (κ3) is 1.99. The van der Waals surface area contributed by atoms with Crippen LogP contribution in [-0.2, 0) is 6.18 Å². The third-order valence-corrected chi connectivity index (χ3v) is 2.71. The van der Waals surface area contributed by atoms with E-state index in [1.54, 1.807) is 0 Å². The van der Waals surface area contributed by atoms with E-state index in [2.05, 4.69) is 0 Å². The van der Waals surface area contributed by atoms with Crippen LogP contribution in [0.2, 0.25) is 0 Å². The minimum absolute atomic E-state index is 0.299. The molecule has 1 aromatic rings. The quantitative estimate of drug-likeness (QED) is 0.671. The van der Waals surface area contributed by atoms with Gasteiger partial charge in [0.15, 0.2) is 0 Å². The van der Waals surface area contributed by atoms with Crippen molar-refractivity contribution >= 4 is 5.69 Å². The first-order chi connectivity index (χ1) is 7.50. The molecule has 0 radical (unpaired) electrons. The Hall–Kier alpha value is -1.26. The van der Waals surface area contributed by atoms with Crippen LogP contribution in [-0.4, -0.2) is 13.1 Å². The van der Waals surface area contributed by atoms with Crippen LogP contribution in [0.25, 0.3) is 0 Å². The first-order valence-corrected chi connectivity index (χ1v) is 5.11. The molecule has 88 valence electrons. The fourth-order valence-corrected chi connectivity index (χ4v) is 2.01. The Morgan fingerprint density at radius 3 is 2.25 bits per heavy atom. The van der Waals surface area contributed by atoms with Gasteiger partial charge in [-0.2, -0.15) is 13.2 Å². The van der Waals surface area contributed by atoms with Crippen LogP contribution in [0.3, 0.4) is 0 Å². The van der Waals surface area contributed by atoms with Crippen molar-refractivity contribution in [1.82, 2.24) is 0 Å². The lowest BCUT2D eigenvalue weighted by Gasteiger charge is -2.23. The summed E-state index contributed by atoms with van der Waals surface area (Å²) in [4.78, 5) is 1.47. The third-order valence-electron chi connectivity index (χ3n) is 2.71. The minimum Gasteiger partial charge on any atom is -0.369 e. The number of nitrogens with zero attached hydrogens (tertiary/aromatic N) is 1. The number of alkyl halides is 3. The maximum Gasteiger partial charge on any atom is 0.418 e. The van der Waals surface area contributed by atoms with E-state index >= 15 is 0 Å². The molecule has 0 bridgehead atoms. The molecule has 0 atom stereocenters. The Balaban J connectivity index is 2.48. The monoisotopic (exact) mass is 233 g/mol. The average molecular weight is 233 g/mol. The zero-order chi connectivity index (χ0) is 11.8. The van der Waals surface area contributed by atoms with E-state index in [0.717, 1.165) is 31.0 Å². The Morgan fingerprint density at radius 1 is 1.06 bits per heavy atom. The highest BCUT2D eigenvalue weighted by molar-refractivity contribution is 5.56. The zero-order valence-corrected chi connectivity index (χ0v) is 8.52. The van der Waals surface area contributed by atoms with E-state index in [-0.39, 0.29) is 5.69 Å². The van der Waals surface area contributed by atoms with Crippen LogP contribution in [0.1, 0.15) is 18.4 Å². The summed E-state index contributed by atoms with van der Waals surface area (Å²) in [5.74, 6) is -0.795. The van der Waals surface area contributed by atoms with Gasteiger partial charge in [-0.05, 0) is 25.0 Å². The highest BCUT2D eigenvalue weighted by Gasteiger charge is 2.36. The standard InChI is InChI=1S/C11H11F4N/c12-9-5-3-4-8(11(13,14)15)10(9)16-6-1-2-7-16/h3-5H,1-2,6-7H2. The van der Waals surface area contributed by atoms with Gasteiger partial charge in [-0.1, -0.05) is 6.07 Å². The van der Waals surface area contributed by atoms with Crippen LogP contribution in [0.5, 0.6) is 0 Å². The Kier molecular flexibility index (Phi) is 2.78. The number of halogens is 4. The molecule has 1 aliphatic rings. The molecule has 1 nitrogen and oxygen atoms in total. The zero-order valence-electron chi connectivity index (χ0n) is 8.52. The smallest absolute Gasteiger partial charge is 0.369 e. The molecule has 1 heterocycles. The SMILES string of the molecule is Fc1cccc(C(F)(F)F)c1N1CCCC1. The summed E-state index contributed by atoms with van der Waals surface area (Å²) in [7, 11) is 0. The molecule has 0 aromatic heterocycles. The summed E-state index contributed by atoms with van der Waals surface area (Å²) < 4.78 is 51.6. The summed E-state index contributed by atoms with van der Waals surface area (Å²) >= 11 is 0. The maximum atomic E-state index is 13.5. The van der Waals surface area contributed by atoms with Crippen LogP contribution in [0, 0.1) is 5.82 Å². The number of benzene rings is 1. The molecule has 1 aromatic carbocycles. The molecular formula is C11H11F4N. The molecule has 0 N–H and O–H groups in total. The lowest BCUT2D eigenvalue weighted by atomic mass is 10.1. The maximum absolute atomic E-state index is 13.5. The van der Waals surface area contributed by atoms with Crippen molar-refractivity contribution < 1.29 is 17.6 Å². The van der Waals surface area contributed by atoms with Crippen LogP contribution in [0.15, 0.2) is 18.2 Å². The summed E-state index contributed by atoms with van der Waals surface area (Å²) in [6.07, 6.45) is -2.88. The van der Waals surface area contributed by atoms with Gasteiger partial charge in [0.25, 0.3) is 0 Å². The number of rotatable bonds is 1. The van der Waals surface area contributed by atoms with Gasteiger partial charge in [-0.3, -0.25) is 0 Å². The second kappa shape index (κ2) is 3.96. The van der Waals surface area contributed by atoms with Crippen molar-refractivity contribution in [3.05, 3.63) is 29.6 Å². The van der Waals surface area contributed by atoms with Gasteiger partial charge in [0.2, 0.25) is 0 Å². The average Bonchev–Trinajstić information content (AvgIpc) is 2.68. The Bertz CT molecular complexity index is 380. The summed E-state index contributed by atoms with van der Waals surface area (Å²) in [6, 6.07) is 3.09. The first-order valence-electron chi connectivity index (χ1n) is 5.11. The van der Waals surface area contributed by atoms with Gasteiger partial charge in [-0.15, -0.1) is 0 Å². The van der Waals surface area contributed by atoms with Crippen molar-refractivity contribution in [2.24, 2.45) is 0 Å². The van der Waals surface area contributed by atoms with E-state index in [0.29, 0.717) is 13.1 Å². The Labute approximate surface area is 90.7 Å². The molecule has 1 fully saturated rings. The number of para-hydroxylation sites is 1. The van der Waals surface area contributed by atoms with Crippen molar-refractivity contribution in [3.8, 4) is 0 Å². The largest absolute Gasteiger partial charge is 0.418 e. The highest BCUT2D eigenvalue weighted by Crippen LogP contribution is 2.39. The van der Waals surface area contributed by atoms with Crippen LogP contribution >= 0.6 is 0 Å². The van der Waals surface area contributed by atoms with Gasteiger partial charge in [0.1, 0.15) is 5.82 Å². The van der Waals surface area contributed by atoms with Crippen molar-refractivity contribution in [3.63, 3.8) is 0 Å². The van der Waals surface area contributed by atoms with E-state index < -0.39 is 17.6 Å². The molecule has 1 aliphatic heterocycles. The van der Waals surface area contributed by atoms with Crippen LogP contribution < -0.4 is 4.90 Å². The summed E-state index contributed by atoms with van der Waals surface area (Å²) in [5.41, 5.74) is -1.18. The molecule has 0 amide bonds. The predicted molar refractivity (Wildman–Crippen MR) is 52.8 cm³/mol. The fraction of sp³-hybridized carbons (Fsp3) is 0.455. The van der Waals surface area contributed by atoms with E-state index in [9.17, 15) is 17.6 Å². The minimum atomic E-state index is -4.50. The van der Waals surface area contributed by atoms with Crippen molar-refractivity contribution in [2.45, 2.75) is 19.0 Å². The lowest BCUT2D eigenvalue weighted by Crippen LogP contribution is -2.23. The van der Waals surface area contributed by atoms with Crippen molar-refractivity contribution in [1.29, 1.82) is 0 Å². The molecule has 2 rings (SSSR count). The van der Waals surface area contributed by atoms with Crippen molar-refractivity contribution in [2.75, 3.05) is 18.0 Å². The van der Waals surface area contributed by atoms with E-state index in [4.69, 9.17) is 0 Å². The lowest BCUT2D eigenvalue weighted by molar-refractivity contribution is -0.137. The molecular weight excluding hydrogens is 222 g/mol. The van der Waals surface area contributed by atoms with E-state index in [1.165, 1.54) is 4.90 Å². The van der Waals surface area contributed by atoms with Gasteiger partial charge < -0.3 is 4.90 Å². The molecule has 0 unspecified atom stereocenters. The molecule has 5 heteroatoms.